The molecule has 24 heavy (non-hydrogen) atoms. The van der Waals surface area contributed by atoms with Crippen molar-refractivity contribution in [2.45, 2.75) is 92.4 Å². The molecule has 0 radical (unpaired) electrons. The number of carboxylic acids is 1. The molecular weight excluding hydrogens is 300 g/mol. The molecule has 3 nitrogen and oxygen atoms in total. The predicted molar refractivity (Wildman–Crippen MR) is 109 cm³/mol. The Balaban J connectivity index is -0.000000131. The van der Waals surface area contributed by atoms with Crippen LogP contribution in [0.2, 0.25) is 0 Å². The van der Waals surface area contributed by atoms with Gasteiger partial charge in [0.2, 0.25) is 0 Å². The molecular formula is C21H44O3. The van der Waals surface area contributed by atoms with E-state index < -0.39 is 5.97 Å². The summed E-state index contributed by atoms with van der Waals surface area (Å²) in [6, 6.07) is 0. The number of aliphatic hydroxyl groups excluding tert-OH is 1. The summed E-state index contributed by atoms with van der Waals surface area (Å²) in [5.74, 6) is 0.226. The summed E-state index contributed by atoms with van der Waals surface area (Å²) >= 11 is 0. The Morgan fingerprint density at radius 3 is 1.88 bits per heavy atom. The van der Waals surface area contributed by atoms with Gasteiger partial charge < -0.3 is 10.2 Å². The molecule has 0 saturated heterocycles. The highest BCUT2D eigenvalue weighted by Gasteiger charge is 2.10. The van der Waals surface area contributed by atoms with Gasteiger partial charge in [0.25, 0.3) is 0 Å². The molecule has 0 spiro atoms. The number of carbonyl (C=O) groups is 1. The topological polar surface area (TPSA) is 57.5 Å². The molecule has 0 aromatic rings. The van der Waals surface area contributed by atoms with Gasteiger partial charge in [0.1, 0.15) is 0 Å². The van der Waals surface area contributed by atoms with Crippen molar-refractivity contribution in [2.75, 3.05) is 7.11 Å². The summed E-state index contributed by atoms with van der Waals surface area (Å²) < 4.78 is 0. The van der Waals surface area contributed by atoms with Crippen molar-refractivity contribution in [2.24, 2.45) is 5.92 Å². The van der Waals surface area contributed by atoms with Crippen LogP contribution in [-0.2, 0) is 4.79 Å². The maximum absolute atomic E-state index is 9.60. The fourth-order valence-corrected chi connectivity index (χ4v) is 1.97. The normalized spacial score (nSPS) is 12.3. The SMILES string of the molecule is C=CC.CC.CCCC(=O)O.CCCC/C=C/C1CCCC1.CO. The second-order valence-corrected chi connectivity index (χ2v) is 5.17. The number of aliphatic carboxylic acids is 1. The van der Waals surface area contributed by atoms with Gasteiger partial charge in [0.15, 0.2) is 0 Å². The Labute approximate surface area is 151 Å². The predicted octanol–water partition coefficient (Wildman–Crippen LogP) is 6.62. The highest BCUT2D eigenvalue weighted by Crippen LogP contribution is 2.25. The number of aliphatic hydroxyl groups is 1. The van der Waals surface area contributed by atoms with E-state index in [2.05, 4.69) is 25.7 Å². The van der Waals surface area contributed by atoms with E-state index in [-0.39, 0.29) is 0 Å². The molecule has 2 N–H and O–H groups in total. The van der Waals surface area contributed by atoms with E-state index in [4.69, 9.17) is 10.2 Å². The standard InChI is InChI=1S/C11H20.C4H8O2.C3H6.C2H6.CH4O/c1-2-3-4-5-8-11-9-6-7-10-11;1-2-3-4(5)6;1-3-2;2*1-2/h5,8,11H,2-4,6-7,9-10H2,1H3;2-3H2,1H3,(H,5,6);3H,1H2,2H3;1-2H3;2H,1H3/b8-5+;;;;. The fraction of sp³-hybridized carbons (Fsp3) is 0.762. The number of rotatable bonds is 6. The van der Waals surface area contributed by atoms with Crippen LogP contribution in [0.4, 0.5) is 0 Å². The second-order valence-electron chi connectivity index (χ2n) is 5.17. The lowest BCUT2D eigenvalue weighted by Gasteiger charge is -1.98. The Hall–Kier alpha value is -1.09. The van der Waals surface area contributed by atoms with Crippen molar-refractivity contribution < 1.29 is 15.0 Å². The smallest absolute Gasteiger partial charge is 0.303 e. The van der Waals surface area contributed by atoms with Crippen molar-refractivity contribution in [3.05, 3.63) is 24.8 Å². The largest absolute Gasteiger partial charge is 0.481 e. The van der Waals surface area contributed by atoms with Gasteiger partial charge in [0.05, 0.1) is 0 Å². The maximum atomic E-state index is 9.60. The van der Waals surface area contributed by atoms with Gasteiger partial charge in [-0.25, -0.2) is 0 Å². The third-order valence-electron chi connectivity index (χ3n) is 3.00. The summed E-state index contributed by atoms with van der Waals surface area (Å²) in [7, 11) is 1.00. The minimum Gasteiger partial charge on any atom is -0.481 e. The molecule has 3 heteroatoms. The van der Waals surface area contributed by atoms with Crippen LogP contribution in [0.3, 0.4) is 0 Å². The first kappa shape index (κ1) is 30.8. The van der Waals surface area contributed by atoms with Gasteiger partial charge in [-0.05, 0) is 38.5 Å². The third-order valence-corrected chi connectivity index (χ3v) is 3.00. The molecule has 1 saturated carbocycles. The summed E-state index contributed by atoms with van der Waals surface area (Å²) in [5, 5.41) is 14.9. The molecule has 0 aliphatic heterocycles. The van der Waals surface area contributed by atoms with Crippen LogP contribution in [0, 0.1) is 5.92 Å². The second kappa shape index (κ2) is 33.5. The van der Waals surface area contributed by atoms with Crippen LogP contribution in [0.25, 0.3) is 0 Å². The summed E-state index contributed by atoms with van der Waals surface area (Å²) in [5.41, 5.74) is 0. The first-order valence-corrected chi connectivity index (χ1v) is 9.52. The van der Waals surface area contributed by atoms with Crippen molar-refractivity contribution in [1.82, 2.24) is 0 Å². The summed E-state index contributed by atoms with van der Waals surface area (Å²) in [6.45, 7) is 13.3. The quantitative estimate of drug-likeness (QED) is 0.420. The van der Waals surface area contributed by atoms with E-state index >= 15 is 0 Å². The van der Waals surface area contributed by atoms with Gasteiger partial charge >= 0.3 is 5.97 Å². The van der Waals surface area contributed by atoms with Crippen LogP contribution >= 0.6 is 0 Å². The maximum Gasteiger partial charge on any atom is 0.303 e. The van der Waals surface area contributed by atoms with Crippen LogP contribution < -0.4 is 0 Å². The molecule has 0 heterocycles. The van der Waals surface area contributed by atoms with E-state index in [1.807, 2.05) is 27.7 Å². The van der Waals surface area contributed by atoms with Crippen LogP contribution in [0.1, 0.15) is 92.4 Å². The molecule has 0 amide bonds. The van der Waals surface area contributed by atoms with E-state index in [1.54, 1.807) is 6.08 Å². The van der Waals surface area contributed by atoms with E-state index in [1.165, 1.54) is 44.9 Å². The van der Waals surface area contributed by atoms with Crippen LogP contribution in [0.15, 0.2) is 24.8 Å². The number of carboxylic acid groups (broad SMARTS) is 1. The molecule has 1 aliphatic carbocycles. The Bertz CT molecular complexity index is 241. The lowest BCUT2D eigenvalue weighted by molar-refractivity contribution is -0.137. The van der Waals surface area contributed by atoms with Crippen molar-refractivity contribution >= 4 is 5.97 Å². The number of hydrogen-bond donors (Lipinski definition) is 2. The Morgan fingerprint density at radius 1 is 1.12 bits per heavy atom. The van der Waals surface area contributed by atoms with Crippen molar-refractivity contribution in [1.29, 1.82) is 0 Å². The molecule has 0 unspecified atom stereocenters. The van der Waals surface area contributed by atoms with Crippen LogP contribution in [0.5, 0.6) is 0 Å². The molecule has 1 aliphatic rings. The van der Waals surface area contributed by atoms with Gasteiger partial charge in [-0.15, -0.1) is 6.58 Å². The zero-order valence-corrected chi connectivity index (χ0v) is 17.2. The van der Waals surface area contributed by atoms with Gasteiger partial charge in [0, 0.05) is 13.5 Å². The van der Waals surface area contributed by atoms with Crippen LogP contribution in [-0.4, -0.2) is 23.3 Å². The molecule has 0 aromatic heterocycles. The average Bonchev–Trinajstić information content (AvgIpc) is 3.10. The lowest BCUT2D eigenvalue weighted by atomic mass is 10.1. The third kappa shape index (κ3) is 37.3. The zero-order chi connectivity index (χ0) is 19.6. The first-order chi connectivity index (χ1) is 11.6. The van der Waals surface area contributed by atoms with E-state index in [9.17, 15) is 4.79 Å². The van der Waals surface area contributed by atoms with Gasteiger partial charge in [-0.1, -0.05) is 71.6 Å². The molecule has 1 rings (SSSR count). The Kier molecular flexibility index (Phi) is 42.9. The fourth-order valence-electron chi connectivity index (χ4n) is 1.97. The van der Waals surface area contributed by atoms with Gasteiger partial charge in [-0.3, -0.25) is 4.79 Å². The minimum absolute atomic E-state index is 0.292. The number of allylic oxidation sites excluding steroid dienone is 3. The van der Waals surface area contributed by atoms with Crippen molar-refractivity contribution in [3.8, 4) is 0 Å². The lowest BCUT2D eigenvalue weighted by Crippen LogP contribution is -1.90. The number of unbranched alkanes of at least 4 members (excludes halogenated alkanes) is 2. The van der Waals surface area contributed by atoms with Crippen molar-refractivity contribution in [3.63, 3.8) is 0 Å². The Morgan fingerprint density at radius 2 is 1.58 bits per heavy atom. The number of hydrogen-bond acceptors (Lipinski definition) is 2. The molecule has 146 valence electrons. The summed E-state index contributed by atoms with van der Waals surface area (Å²) in [6.07, 6.45) is 17.4. The molecule has 0 atom stereocenters. The van der Waals surface area contributed by atoms with E-state index in [0.717, 1.165) is 19.4 Å². The van der Waals surface area contributed by atoms with Gasteiger partial charge in [-0.2, -0.15) is 0 Å². The molecule has 0 bridgehead atoms. The van der Waals surface area contributed by atoms with E-state index in [0.29, 0.717) is 6.42 Å². The monoisotopic (exact) mass is 344 g/mol. The molecule has 0 aromatic carbocycles. The minimum atomic E-state index is -0.711. The highest BCUT2D eigenvalue weighted by atomic mass is 16.4. The summed E-state index contributed by atoms with van der Waals surface area (Å²) in [4.78, 5) is 9.60. The highest BCUT2D eigenvalue weighted by molar-refractivity contribution is 5.66. The zero-order valence-electron chi connectivity index (χ0n) is 17.2. The average molecular weight is 345 g/mol. The molecule has 1 fully saturated rings. The first-order valence-electron chi connectivity index (χ1n) is 9.52.